The lowest BCUT2D eigenvalue weighted by molar-refractivity contribution is -0.384. The maximum absolute atomic E-state index is 12.0. The first kappa shape index (κ1) is 16.7. The highest BCUT2D eigenvalue weighted by Crippen LogP contribution is 2.27. The number of nitrogens with zero attached hydrogens (tertiary/aromatic N) is 3. The van der Waals surface area contributed by atoms with Gasteiger partial charge in [-0.2, -0.15) is 0 Å². The van der Waals surface area contributed by atoms with Crippen LogP contribution in [0.3, 0.4) is 0 Å². The van der Waals surface area contributed by atoms with Crippen molar-refractivity contribution in [3.05, 3.63) is 33.3 Å². The highest BCUT2D eigenvalue weighted by atomic mass is 35.5. The fourth-order valence-electron chi connectivity index (χ4n) is 2.40. The molecule has 7 nitrogen and oxygen atoms in total. The Morgan fingerprint density at radius 2 is 1.95 bits per heavy atom. The van der Waals surface area contributed by atoms with Crippen LogP contribution in [0.25, 0.3) is 0 Å². The summed E-state index contributed by atoms with van der Waals surface area (Å²) >= 11 is 5.74. The maximum Gasteiger partial charge on any atom is 0.289 e. The third-order valence-electron chi connectivity index (χ3n) is 3.71. The Kier molecular flexibility index (Phi) is 5.70. The van der Waals surface area contributed by atoms with Crippen LogP contribution in [0, 0.1) is 10.1 Å². The lowest BCUT2D eigenvalue weighted by Gasteiger charge is -2.33. The number of piperazine rings is 1. The summed E-state index contributed by atoms with van der Waals surface area (Å²) in [6.45, 7) is 7.04. The number of likely N-dealkylation sites (N-methyl/N-ethyl adjacent to an activating group) is 1. The van der Waals surface area contributed by atoms with Crippen LogP contribution in [0.15, 0.2) is 18.2 Å². The third-order valence-corrected chi connectivity index (χ3v) is 4.03. The van der Waals surface area contributed by atoms with Crippen LogP contribution in [0.1, 0.15) is 6.92 Å². The van der Waals surface area contributed by atoms with Gasteiger partial charge >= 0.3 is 0 Å². The van der Waals surface area contributed by atoms with E-state index in [0.29, 0.717) is 5.69 Å². The van der Waals surface area contributed by atoms with Gasteiger partial charge < -0.3 is 10.2 Å². The minimum absolute atomic E-state index is 0.0543. The molecule has 0 spiro atoms. The molecule has 0 atom stereocenters. The van der Waals surface area contributed by atoms with Crippen LogP contribution in [0.2, 0.25) is 5.02 Å². The minimum atomic E-state index is -0.568. The number of nitrogens with one attached hydrogen (secondary N) is 1. The van der Waals surface area contributed by atoms with Gasteiger partial charge in [-0.05, 0) is 18.7 Å². The zero-order valence-corrected chi connectivity index (χ0v) is 13.2. The van der Waals surface area contributed by atoms with Gasteiger partial charge in [0, 0.05) is 37.9 Å². The standard InChI is InChI=1S/C14H19ClN4O3/c1-2-17-5-7-18(8-6-17)10-14(20)16-11-3-4-12(15)13(9-11)19(21)22/h3-4,9H,2,5-8,10H2,1H3,(H,16,20). The van der Waals surface area contributed by atoms with E-state index in [4.69, 9.17) is 11.6 Å². The highest BCUT2D eigenvalue weighted by Gasteiger charge is 2.19. The average molecular weight is 327 g/mol. The van der Waals surface area contributed by atoms with Gasteiger partial charge in [-0.3, -0.25) is 19.8 Å². The number of benzene rings is 1. The maximum atomic E-state index is 12.0. The van der Waals surface area contributed by atoms with Crippen molar-refractivity contribution >= 4 is 28.9 Å². The average Bonchev–Trinajstić information content (AvgIpc) is 2.49. The van der Waals surface area contributed by atoms with Crippen molar-refractivity contribution in [2.75, 3.05) is 44.6 Å². The van der Waals surface area contributed by atoms with Crippen molar-refractivity contribution in [1.29, 1.82) is 0 Å². The summed E-state index contributed by atoms with van der Waals surface area (Å²) in [5.74, 6) is -0.179. The van der Waals surface area contributed by atoms with Gasteiger partial charge in [-0.1, -0.05) is 18.5 Å². The summed E-state index contributed by atoms with van der Waals surface area (Å²) in [7, 11) is 0. The molecule has 0 unspecified atom stereocenters. The van der Waals surface area contributed by atoms with Crippen molar-refractivity contribution in [1.82, 2.24) is 9.80 Å². The number of carbonyl (C=O) groups excluding carboxylic acids is 1. The molecule has 2 rings (SSSR count). The van der Waals surface area contributed by atoms with E-state index >= 15 is 0 Å². The molecule has 1 amide bonds. The molecule has 1 N–H and O–H groups in total. The molecule has 0 aliphatic carbocycles. The quantitative estimate of drug-likeness (QED) is 0.659. The van der Waals surface area contributed by atoms with E-state index in [1.54, 1.807) is 6.07 Å². The van der Waals surface area contributed by atoms with Gasteiger partial charge in [0.15, 0.2) is 0 Å². The lowest BCUT2D eigenvalue weighted by Crippen LogP contribution is -2.48. The van der Waals surface area contributed by atoms with Crippen LogP contribution in [-0.2, 0) is 4.79 Å². The molecule has 1 saturated heterocycles. The molecule has 0 bridgehead atoms. The van der Waals surface area contributed by atoms with Crippen molar-refractivity contribution < 1.29 is 9.72 Å². The summed E-state index contributed by atoms with van der Waals surface area (Å²) < 4.78 is 0. The van der Waals surface area contributed by atoms with Crippen LogP contribution >= 0.6 is 11.6 Å². The SMILES string of the molecule is CCN1CCN(CC(=O)Nc2ccc(Cl)c([N+](=O)[O-])c2)CC1. The molecule has 8 heteroatoms. The van der Waals surface area contributed by atoms with E-state index in [9.17, 15) is 14.9 Å². The second kappa shape index (κ2) is 7.53. The van der Waals surface area contributed by atoms with Crippen molar-refractivity contribution in [3.63, 3.8) is 0 Å². The monoisotopic (exact) mass is 326 g/mol. The predicted octanol–water partition coefficient (Wildman–Crippen LogP) is 1.82. The van der Waals surface area contributed by atoms with Gasteiger partial charge in [-0.25, -0.2) is 0 Å². The molecule has 1 aliphatic rings. The van der Waals surface area contributed by atoms with Crippen molar-refractivity contribution in [2.45, 2.75) is 6.92 Å². The van der Waals surface area contributed by atoms with Gasteiger partial charge in [0.05, 0.1) is 11.5 Å². The number of nitro benzene ring substituents is 1. The summed E-state index contributed by atoms with van der Waals surface area (Å²) in [6.07, 6.45) is 0. The smallest absolute Gasteiger partial charge is 0.289 e. The summed E-state index contributed by atoms with van der Waals surface area (Å²) in [6, 6.07) is 4.24. The number of hydrogen-bond donors (Lipinski definition) is 1. The van der Waals surface area contributed by atoms with E-state index in [1.807, 2.05) is 0 Å². The molecule has 0 radical (unpaired) electrons. The molecule has 1 aromatic rings. The zero-order valence-electron chi connectivity index (χ0n) is 12.4. The largest absolute Gasteiger partial charge is 0.325 e. The van der Waals surface area contributed by atoms with Gasteiger partial charge in [0.2, 0.25) is 5.91 Å². The summed E-state index contributed by atoms with van der Waals surface area (Å²) in [4.78, 5) is 26.7. The Morgan fingerprint density at radius 3 is 2.55 bits per heavy atom. The molecule has 0 saturated carbocycles. The second-order valence-electron chi connectivity index (χ2n) is 5.18. The number of amides is 1. The Hall–Kier alpha value is -1.70. The first-order valence-corrected chi connectivity index (χ1v) is 7.56. The molecule has 1 heterocycles. The molecule has 1 aromatic carbocycles. The Balaban J connectivity index is 1.90. The number of nitro groups is 1. The Bertz CT molecular complexity index is 559. The van der Waals surface area contributed by atoms with E-state index in [-0.39, 0.29) is 23.2 Å². The van der Waals surface area contributed by atoms with Gasteiger partial charge in [0.1, 0.15) is 5.02 Å². The predicted molar refractivity (Wildman–Crippen MR) is 85.3 cm³/mol. The third kappa shape index (κ3) is 4.40. The van der Waals surface area contributed by atoms with Crippen LogP contribution in [0.4, 0.5) is 11.4 Å². The molecular formula is C14H19ClN4O3. The molecule has 22 heavy (non-hydrogen) atoms. The second-order valence-corrected chi connectivity index (χ2v) is 5.59. The van der Waals surface area contributed by atoms with Crippen molar-refractivity contribution in [3.8, 4) is 0 Å². The van der Waals surface area contributed by atoms with Gasteiger partial charge in [0.25, 0.3) is 5.69 Å². The van der Waals surface area contributed by atoms with Gasteiger partial charge in [-0.15, -0.1) is 0 Å². The molecular weight excluding hydrogens is 308 g/mol. The number of halogens is 1. The fourth-order valence-corrected chi connectivity index (χ4v) is 2.58. The molecule has 0 aromatic heterocycles. The fraction of sp³-hybridized carbons (Fsp3) is 0.500. The highest BCUT2D eigenvalue weighted by molar-refractivity contribution is 6.32. The molecule has 120 valence electrons. The van der Waals surface area contributed by atoms with Crippen molar-refractivity contribution in [2.24, 2.45) is 0 Å². The number of hydrogen-bond acceptors (Lipinski definition) is 5. The van der Waals surface area contributed by atoms with E-state index in [2.05, 4.69) is 22.0 Å². The normalized spacial score (nSPS) is 16.5. The number of rotatable bonds is 5. The first-order chi connectivity index (χ1) is 10.5. The Morgan fingerprint density at radius 1 is 1.32 bits per heavy atom. The first-order valence-electron chi connectivity index (χ1n) is 7.18. The van der Waals surface area contributed by atoms with Crippen LogP contribution in [-0.4, -0.2) is 59.9 Å². The lowest BCUT2D eigenvalue weighted by atomic mass is 10.2. The summed E-state index contributed by atoms with van der Waals surface area (Å²) in [5.41, 5.74) is 0.171. The number of carbonyl (C=O) groups is 1. The van der Waals surface area contributed by atoms with E-state index in [1.165, 1.54) is 12.1 Å². The minimum Gasteiger partial charge on any atom is -0.325 e. The van der Waals surface area contributed by atoms with Crippen LogP contribution in [0.5, 0.6) is 0 Å². The Labute approximate surface area is 134 Å². The molecule has 1 aliphatic heterocycles. The topological polar surface area (TPSA) is 78.7 Å². The van der Waals surface area contributed by atoms with E-state index in [0.717, 1.165) is 32.7 Å². The summed E-state index contributed by atoms with van der Waals surface area (Å²) in [5, 5.41) is 13.6. The van der Waals surface area contributed by atoms with Crippen LogP contribution < -0.4 is 5.32 Å². The zero-order chi connectivity index (χ0) is 16.1. The van der Waals surface area contributed by atoms with E-state index < -0.39 is 4.92 Å². The number of anilines is 1. The molecule has 1 fully saturated rings.